The Balaban J connectivity index is 1.31. The Bertz CT molecular complexity index is 1480. The molecule has 1 amide bonds. The maximum atomic E-state index is 13.6. The molecule has 0 bridgehead atoms. The van der Waals surface area contributed by atoms with Crippen molar-refractivity contribution in [3.8, 4) is 17.2 Å². The number of nitrogens with zero attached hydrogens (tertiary/aromatic N) is 4. The smallest absolute Gasteiger partial charge is 0.334 e. The minimum atomic E-state index is -0.142. The average molecular weight is 467 g/mol. The van der Waals surface area contributed by atoms with Crippen molar-refractivity contribution in [2.24, 2.45) is 0 Å². The number of fused-ring (bicyclic) bond motifs is 1. The maximum Gasteiger partial charge on any atom is 0.334 e. The van der Waals surface area contributed by atoms with Crippen LogP contribution in [0.5, 0.6) is 11.5 Å². The Morgan fingerprint density at radius 1 is 1.03 bits per heavy atom. The first-order valence-corrected chi connectivity index (χ1v) is 12.0. The van der Waals surface area contributed by atoms with Crippen LogP contribution in [0, 0.1) is 0 Å². The fourth-order valence-corrected chi connectivity index (χ4v) is 5.00. The van der Waals surface area contributed by atoms with Gasteiger partial charge in [0.05, 0.1) is 29.0 Å². The van der Waals surface area contributed by atoms with Crippen LogP contribution in [0.25, 0.3) is 16.7 Å². The maximum absolute atomic E-state index is 13.6. The van der Waals surface area contributed by atoms with Crippen LogP contribution in [0.2, 0.25) is 0 Å². The van der Waals surface area contributed by atoms with Gasteiger partial charge in [-0.2, -0.15) is 0 Å². The quantitative estimate of drug-likeness (QED) is 0.382. The van der Waals surface area contributed by atoms with Gasteiger partial charge in [0.25, 0.3) is 0 Å². The lowest BCUT2D eigenvalue weighted by Gasteiger charge is -2.15. The summed E-state index contributed by atoms with van der Waals surface area (Å²) >= 11 is 0. The van der Waals surface area contributed by atoms with Gasteiger partial charge in [-0.25, -0.2) is 4.79 Å². The molecule has 1 saturated heterocycles. The number of pyridine rings is 1. The van der Waals surface area contributed by atoms with Crippen LogP contribution in [0.15, 0.2) is 84.4 Å². The van der Waals surface area contributed by atoms with E-state index in [0.717, 1.165) is 22.5 Å². The Morgan fingerprint density at radius 3 is 2.63 bits per heavy atom. The third-order valence-electron chi connectivity index (χ3n) is 6.93. The molecule has 0 radical (unpaired) electrons. The lowest BCUT2D eigenvalue weighted by molar-refractivity contribution is -0.125. The van der Waals surface area contributed by atoms with Gasteiger partial charge in [-0.05, 0) is 79.3 Å². The highest BCUT2D eigenvalue weighted by Gasteiger charge is 2.30. The molecule has 4 aromatic rings. The van der Waals surface area contributed by atoms with Gasteiger partial charge in [-0.1, -0.05) is 18.7 Å². The first kappa shape index (κ1) is 21.4. The third-order valence-corrected chi connectivity index (χ3v) is 6.93. The van der Waals surface area contributed by atoms with E-state index in [1.807, 2.05) is 42.5 Å². The molecule has 2 aromatic carbocycles. The highest BCUT2D eigenvalue weighted by molar-refractivity contribution is 5.87. The van der Waals surface area contributed by atoms with Crippen molar-refractivity contribution >= 4 is 16.9 Å². The fourth-order valence-electron chi connectivity index (χ4n) is 5.00. The summed E-state index contributed by atoms with van der Waals surface area (Å²) < 4.78 is 9.56. The highest BCUT2D eigenvalue weighted by Crippen LogP contribution is 2.41. The zero-order valence-electron chi connectivity index (χ0n) is 19.3. The zero-order valence-corrected chi connectivity index (χ0v) is 19.3. The van der Waals surface area contributed by atoms with Gasteiger partial charge < -0.3 is 9.64 Å². The molecular weight excluding hydrogens is 440 g/mol. The predicted molar refractivity (Wildman–Crippen MR) is 134 cm³/mol. The van der Waals surface area contributed by atoms with E-state index in [-0.39, 0.29) is 17.6 Å². The first-order chi connectivity index (χ1) is 17.1. The monoisotopic (exact) mass is 466 g/mol. The molecule has 3 heterocycles. The molecular formula is C28H26N4O3. The second kappa shape index (κ2) is 8.58. The highest BCUT2D eigenvalue weighted by atomic mass is 16.5. The number of aromatic nitrogens is 3. The van der Waals surface area contributed by atoms with Crippen LogP contribution < -0.4 is 10.4 Å². The van der Waals surface area contributed by atoms with E-state index in [9.17, 15) is 9.59 Å². The molecule has 35 heavy (non-hydrogen) atoms. The summed E-state index contributed by atoms with van der Waals surface area (Å²) in [5.74, 6) is 2.09. The number of rotatable bonds is 6. The number of likely N-dealkylation sites (tertiary alicyclic amines) is 1. The standard InChI is InChI=1S/C28H26N4O3/c1-2-27(33)30-15-13-22(18-30)32-25-12-14-29-17-26(25)31(28(32)34)21-8-10-23(11-9-21)35-24-5-3-4-20(16-24)19-6-7-19/h2-5,8-12,14,16-17,19,22H,1,6-7,13,15,18H2. The summed E-state index contributed by atoms with van der Waals surface area (Å²) in [6.45, 7) is 4.67. The van der Waals surface area contributed by atoms with Gasteiger partial charge in [-0.3, -0.25) is 18.9 Å². The molecule has 2 fully saturated rings. The SMILES string of the molecule is C=CC(=O)N1CCC(n2c(=O)n(-c3ccc(Oc4cccc(C5CC5)c4)cc3)c3cnccc32)C1. The molecule has 1 aliphatic carbocycles. The molecule has 1 saturated carbocycles. The van der Waals surface area contributed by atoms with Gasteiger partial charge in [0.2, 0.25) is 5.91 Å². The normalized spacial score (nSPS) is 17.6. The molecule has 6 rings (SSSR count). The van der Waals surface area contributed by atoms with Crippen LogP contribution >= 0.6 is 0 Å². The summed E-state index contributed by atoms with van der Waals surface area (Å²) in [7, 11) is 0. The topological polar surface area (TPSA) is 69.4 Å². The van der Waals surface area contributed by atoms with E-state index in [1.165, 1.54) is 24.5 Å². The Morgan fingerprint density at radius 2 is 1.86 bits per heavy atom. The molecule has 2 aliphatic rings. The average Bonchev–Trinajstić information content (AvgIpc) is 3.56. The summed E-state index contributed by atoms with van der Waals surface area (Å²) in [6.07, 6.45) is 7.94. The van der Waals surface area contributed by atoms with E-state index in [0.29, 0.717) is 31.2 Å². The summed E-state index contributed by atoms with van der Waals surface area (Å²) in [5, 5.41) is 0. The molecule has 2 aromatic heterocycles. The molecule has 0 N–H and O–H groups in total. The molecule has 1 atom stereocenters. The van der Waals surface area contributed by atoms with Crippen molar-refractivity contribution in [3.05, 3.63) is 95.7 Å². The van der Waals surface area contributed by atoms with Crippen LogP contribution in [0.3, 0.4) is 0 Å². The number of benzene rings is 2. The van der Waals surface area contributed by atoms with Crippen LogP contribution in [0.4, 0.5) is 0 Å². The van der Waals surface area contributed by atoms with Crippen molar-refractivity contribution in [1.29, 1.82) is 0 Å². The van der Waals surface area contributed by atoms with Crippen molar-refractivity contribution in [2.45, 2.75) is 31.2 Å². The van der Waals surface area contributed by atoms with Gasteiger partial charge in [0.1, 0.15) is 11.5 Å². The molecule has 7 nitrogen and oxygen atoms in total. The second-order valence-electron chi connectivity index (χ2n) is 9.23. The fraction of sp³-hybridized carbons (Fsp3) is 0.250. The Kier molecular flexibility index (Phi) is 5.25. The van der Waals surface area contributed by atoms with Crippen molar-refractivity contribution in [2.75, 3.05) is 13.1 Å². The Labute approximate surface area is 202 Å². The van der Waals surface area contributed by atoms with Gasteiger partial charge >= 0.3 is 5.69 Å². The van der Waals surface area contributed by atoms with E-state index in [2.05, 4.69) is 23.7 Å². The summed E-state index contributed by atoms with van der Waals surface area (Å²) in [6, 6.07) is 17.6. The first-order valence-electron chi connectivity index (χ1n) is 12.0. The van der Waals surface area contributed by atoms with Crippen LogP contribution in [0.1, 0.15) is 36.8 Å². The molecule has 1 unspecified atom stereocenters. The summed E-state index contributed by atoms with van der Waals surface area (Å²) in [4.78, 5) is 31.7. The van der Waals surface area contributed by atoms with E-state index in [4.69, 9.17) is 4.74 Å². The molecule has 1 aliphatic heterocycles. The zero-order chi connectivity index (χ0) is 23.9. The number of carbonyl (C=O) groups is 1. The predicted octanol–water partition coefficient (Wildman–Crippen LogP) is 4.82. The number of ether oxygens (including phenoxy) is 1. The largest absolute Gasteiger partial charge is 0.457 e. The summed E-state index contributed by atoms with van der Waals surface area (Å²) in [5.41, 5.74) is 3.46. The van der Waals surface area contributed by atoms with Crippen molar-refractivity contribution in [1.82, 2.24) is 19.0 Å². The number of hydrogen-bond donors (Lipinski definition) is 0. The Hall–Kier alpha value is -4.13. The van der Waals surface area contributed by atoms with Crippen molar-refractivity contribution < 1.29 is 9.53 Å². The minimum absolute atomic E-state index is 0.0982. The minimum Gasteiger partial charge on any atom is -0.457 e. The second-order valence-corrected chi connectivity index (χ2v) is 9.23. The lowest BCUT2D eigenvalue weighted by Crippen LogP contribution is -2.31. The van der Waals surface area contributed by atoms with Crippen molar-refractivity contribution in [3.63, 3.8) is 0 Å². The van der Waals surface area contributed by atoms with Gasteiger partial charge in [0, 0.05) is 19.3 Å². The lowest BCUT2D eigenvalue weighted by atomic mass is 10.1. The van der Waals surface area contributed by atoms with Gasteiger partial charge in [-0.15, -0.1) is 0 Å². The molecule has 0 spiro atoms. The number of imidazole rings is 1. The van der Waals surface area contributed by atoms with E-state index < -0.39 is 0 Å². The van der Waals surface area contributed by atoms with E-state index in [1.54, 1.807) is 26.4 Å². The number of hydrogen-bond acceptors (Lipinski definition) is 4. The molecule has 176 valence electrons. The number of carbonyl (C=O) groups excluding carboxylic acids is 1. The van der Waals surface area contributed by atoms with Crippen LogP contribution in [-0.4, -0.2) is 38.0 Å². The van der Waals surface area contributed by atoms with Gasteiger partial charge in [0.15, 0.2) is 0 Å². The third kappa shape index (κ3) is 3.93. The molecule has 7 heteroatoms. The number of amides is 1. The van der Waals surface area contributed by atoms with E-state index >= 15 is 0 Å². The van der Waals surface area contributed by atoms with Crippen LogP contribution in [-0.2, 0) is 4.79 Å².